The second-order valence-corrected chi connectivity index (χ2v) is 7.57. The second kappa shape index (κ2) is 6.32. The number of carbonyl (C=O) groups is 2. The van der Waals surface area contributed by atoms with Crippen LogP contribution >= 0.6 is 0 Å². The van der Waals surface area contributed by atoms with Gasteiger partial charge < -0.3 is 14.8 Å². The number of hydrogen-bond acceptors (Lipinski definition) is 5. The smallest absolute Gasteiger partial charge is 0.305 e. The Kier molecular flexibility index (Phi) is 4.81. The molecule has 9 heteroatoms. The van der Waals surface area contributed by atoms with Crippen LogP contribution < -0.4 is 10.0 Å². The molecule has 1 amide bonds. The van der Waals surface area contributed by atoms with E-state index in [0.717, 1.165) is 18.9 Å². The van der Waals surface area contributed by atoms with Crippen LogP contribution in [0.1, 0.15) is 48.2 Å². The minimum atomic E-state index is -3.79. The van der Waals surface area contributed by atoms with Gasteiger partial charge in [-0.05, 0) is 26.8 Å². The third kappa shape index (κ3) is 3.73. The molecule has 0 spiro atoms. The molecule has 1 fully saturated rings. The molecule has 0 saturated heterocycles. The maximum atomic E-state index is 12.5. The van der Waals surface area contributed by atoms with Crippen molar-refractivity contribution >= 4 is 21.9 Å². The minimum Gasteiger partial charge on any atom is -0.481 e. The number of carboxylic acid groups (broad SMARTS) is 1. The molecule has 0 atom stereocenters. The highest BCUT2D eigenvalue weighted by atomic mass is 32.2. The molecule has 128 valence electrons. The summed E-state index contributed by atoms with van der Waals surface area (Å²) < 4.78 is 30.7. The number of sulfonamides is 1. The summed E-state index contributed by atoms with van der Waals surface area (Å²) in [5.74, 6) is -1.33. The molecule has 0 radical (unpaired) electrons. The van der Waals surface area contributed by atoms with E-state index >= 15 is 0 Å². The van der Waals surface area contributed by atoms with Crippen LogP contribution in [0.2, 0.25) is 0 Å². The van der Waals surface area contributed by atoms with Crippen molar-refractivity contribution in [3.63, 3.8) is 0 Å². The average Bonchev–Trinajstić information content (AvgIpc) is 3.05. The zero-order valence-corrected chi connectivity index (χ0v) is 13.8. The summed E-state index contributed by atoms with van der Waals surface area (Å²) >= 11 is 0. The lowest BCUT2D eigenvalue weighted by Crippen LogP contribution is -2.47. The third-order valence-electron chi connectivity index (χ3n) is 4.10. The van der Waals surface area contributed by atoms with Crippen LogP contribution in [0.5, 0.6) is 0 Å². The fraction of sp³-hybridized carbons (Fsp3) is 0.571. The number of carboxylic acids is 1. The lowest BCUT2D eigenvalue weighted by atomic mass is 9.92. The molecule has 1 saturated carbocycles. The van der Waals surface area contributed by atoms with Crippen molar-refractivity contribution in [1.82, 2.24) is 10.0 Å². The van der Waals surface area contributed by atoms with E-state index < -0.39 is 27.4 Å². The zero-order valence-electron chi connectivity index (χ0n) is 13.0. The molecule has 3 N–H and O–H groups in total. The van der Waals surface area contributed by atoms with Crippen LogP contribution in [0.25, 0.3) is 0 Å². The number of rotatable bonds is 6. The Bertz CT molecular complexity index is 716. The van der Waals surface area contributed by atoms with Gasteiger partial charge in [0, 0.05) is 6.07 Å². The molecule has 1 aliphatic rings. The van der Waals surface area contributed by atoms with Gasteiger partial charge in [0.05, 0.1) is 17.5 Å². The van der Waals surface area contributed by atoms with Crippen molar-refractivity contribution in [1.29, 1.82) is 0 Å². The van der Waals surface area contributed by atoms with E-state index in [1.165, 1.54) is 14.0 Å². The lowest BCUT2D eigenvalue weighted by molar-refractivity contribution is -0.138. The molecule has 8 nitrogen and oxygen atoms in total. The molecule has 1 heterocycles. The first-order valence-electron chi connectivity index (χ1n) is 7.27. The Morgan fingerprint density at radius 3 is 2.48 bits per heavy atom. The number of carbonyl (C=O) groups excluding carboxylic acids is 1. The normalized spacial score (nSPS) is 17.1. The summed E-state index contributed by atoms with van der Waals surface area (Å²) in [6.07, 6.45) is 2.71. The fourth-order valence-corrected chi connectivity index (χ4v) is 3.62. The first kappa shape index (κ1) is 17.5. The third-order valence-corrected chi connectivity index (χ3v) is 5.37. The molecular formula is C14H20N2O6S. The van der Waals surface area contributed by atoms with Gasteiger partial charge >= 0.3 is 5.97 Å². The van der Waals surface area contributed by atoms with Gasteiger partial charge in [0.1, 0.15) is 5.76 Å². The highest BCUT2D eigenvalue weighted by Crippen LogP contribution is 2.33. The first-order chi connectivity index (χ1) is 10.7. The molecule has 1 aromatic heterocycles. The van der Waals surface area contributed by atoms with Gasteiger partial charge in [-0.15, -0.1) is 0 Å². The van der Waals surface area contributed by atoms with Crippen molar-refractivity contribution < 1.29 is 27.5 Å². The Hall–Kier alpha value is -1.87. The quantitative estimate of drug-likeness (QED) is 0.707. The van der Waals surface area contributed by atoms with Crippen LogP contribution in [0.3, 0.4) is 0 Å². The van der Waals surface area contributed by atoms with Gasteiger partial charge in [-0.2, -0.15) is 0 Å². The molecule has 2 rings (SSSR count). The van der Waals surface area contributed by atoms with Crippen LogP contribution in [-0.4, -0.2) is 38.0 Å². The van der Waals surface area contributed by atoms with Gasteiger partial charge in [-0.1, -0.05) is 12.8 Å². The van der Waals surface area contributed by atoms with Crippen LogP contribution in [0, 0.1) is 6.92 Å². The highest BCUT2D eigenvalue weighted by molar-refractivity contribution is 7.89. The fourth-order valence-electron chi connectivity index (χ4n) is 2.91. The van der Waals surface area contributed by atoms with Gasteiger partial charge in [-0.3, -0.25) is 9.59 Å². The van der Waals surface area contributed by atoms with Crippen LogP contribution in [0.15, 0.2) is 15.6 Å². The topological polar surface area (TPSA) is 126 Å². The van der Waals surface area contributed by atoms with E-state index in [-0.39, 0.29) is 22.8 Å². The number of amides is 1. The zero-order chi connectivity index (χ0) is 17.3. The number of aliphatic carboxylic acids is 1. The standard InChI is InChI=1S/C14H20N2O6S/c1-9-10(7-12(22-9)23(20,21)15-2)13(19)16-14(8-11(17)18)5-3-4-6-14/h7,15H,3-6,8H2,1-2H3,(H,16,19)(H,17,18). The molecule has 1 aromatic rings. The summed E-state index contributed by atoms with van der Waals surface area (Å²) in [6, 6.07) is 1.15. The van der Waals surface area contributed by atoms with Crippen molar-refractivity contribution in [2.75, 3.05) is 7.05 Å². The van der Waals surface area contributed by atoms with Gasteiger partial charge in [0.2, 0.25) is 5.09 Å². The van der Waals surface area contributed by atoms with Crippen LogP contribution in [0.4, 0.5) is 0 Å². The maximum absolute atomic E-state index is 12.5. The van der Waals surface area contributed by atoms with E-state index in [0.29, 0.717) is 12.8 Å². The molecule has 0 aliphatic heterocycles. The Morgan fingerprint density at radius 2 is 1.96 bits per heavy atom. The minimum absolute atomic E-state index is 0.0930. The SMILES string of the molecule is CNS(=O)(=O)c1cc(C(=O)NC2(CC(=O)O)CCCC2)c(C)o1. The first-order valence-corrected chi connectivity index (χ1v) is 8.76. The summed E-state index contributed by atoms with van der Waals surface area (Å²) in [7, 11) is -2.54. The van der Waals surface area contributed by atoms with Crippen LogP contribution in [-0.2, 0) is 14.8 Å². The number of furan rings is 1. The van der Waals surface area contributed by atoms with Crippen molar-refractivity contribution in [2.45, 2.75) is 49.7 Å². The molecular weight excluding hydrogens is 324 g/mol. The second-order valence-electron chi connectivity index (χ2n) is 5.75. The Morgan fingerprint density at radius 1 is 1.35 bits per heavy atom. The summed E-state index contributed by atoms with van der Waals surface area (Å²) in [5.41, 5.74) is -0.690. The number of nitrogens with one attached hydrogen (secondary N) is 2. The van der Waals surface area contributed by atoms with E-state index in [9.17, 15) is 18.0 Å². The highest BCUT2D eigenvalue weighted by Gasteiger charge is 2.38. The van der Waals surface area contributed by atoms with Crippen molar-refractivity contribution in [3.8, 4) is 0 Å². The predicted molar refractivity (Wildman–Crippen MR) is 80.6 cm³/mol. The molecule has 0 unspecified atom stereocenters. The lowest BCUT2D eigenvalue weighted by Gasteiger charge is -2.28. The molecule has 1 aliphatic carbocycles. The molecule has 0 bridgehead atoms. The number of aryl methyl sites for hydroxylation is 1. The van der Waals surface area contributed by atoms with Crippen molar-refractivity contribution in [3.05, 3.63) is 17.4 Å². The monoisotopic (exact) mass is 344 g/mol. The van der Waals surface area contributed by atoms with Gasteiger partial charge in [-0.25, -0.2) is 13.1 Å². The van der Waals surface area contributed by atoms with E-state index in [1.54, 1.807) is 0 Å². The molecule has 23 heavy (non-hydrogen) atoms. The largest absolute Gasteiger partial charge is 0.481 e. The average molecular weight is 344 g/mol. The summed E-state index contributed by atoms with van der Waals surface area (Å²) in [4.78, 5) is 23.5. The predicted octanol–water partition coefficient (Wildman–Crippen LogP) is 1.01. The Labute approximate surface area is 134 Å². The van der Waals surface area contributed by atoms with E-state index in [1.807, 2.05) is 0 Å². The Balaban J connectivity index is 2.25. The van der Waals surface area contributed by atoms with Gasteiger partial charge in [0.25, 0.3) is 15.9 Å². The van der Waals surface area contributed by atoms with E-state index in [2.05, 4.69) is 10.0 Å². The molecule has 0 aromatic carbocycles. The summed E-state index contributed by atoms with van der Waals surface area (Å²) in [6.45, 7) is 1.49. The number of hydrogen-bond donors (Lipinski definition) is 3. The maximum Gasteiger partial charge on any atom is 0.305 e. The van der Waals surface area contributed by atoms with Crippen molar-refractivity contribution in [2.24, 2.45) is 0 Å². The van der Waals surface area contributed by atoms with Gasteiger partial charge in [0.15, 0.2) is 0 Å². The van der Waals surface area contributed by atoms with E-state index in [4.69, 9.17) is 9.52 Å². The summed E-state index contributed by atoms with van der Waals surface area (Å²) in [5, 5.41) is 11.5.